The van der Waals surface area contributed by atoms with Crippen molar-refractivity contribution in [1.82, 2.24) is 25.1 Å². The third-order valence-corrected chi connectivity index (χ3v) is 10.5. The van der Waals surface area contributed by atoms with Gasteiger partial charge >= 0.3 is 11.9 Å². The molecule has 0 radical (unpaired) electrons. The fourth-order valence-corrected chi connectivity index (χ4v) is 8.04. The second-order valence-corrected chi connectivity index (χ2v) is 13.7. The van der Waals surface area contributed by atoms with E-state index in [9.17, 15) is 24.3 Å². The first-order chi connectivity index (χ1) is 22.0. The van der Waals surface area contributed by atoms with Crippen LogP contribution in [0.2, 0.25) is 4.34 Å². The molecule has 2 saturated heterocycles. The van der Waals surface area contributed by atoms with Crippen LogP contribution in [-0.2, 0) is 30.6 Å². The number of thiazole rings is 1. The van der Waals surface area contributed by atoms with Gasteiger partial charge in [0.25, 0.3) is 11.8 Å². The summed E-state index contributed by atoms with van der Waals surface area (Å²) >= 11 is 8.38. The van der Waals surface area contributed by atoms with E-state index in [1.165, 1.54) is 23.6 Å². The molecule has 3 aromatic rings. The Morgan fingerprint density at radius 2 is 2.07 bits per heavy atom. The number of rotatable bonds is 10. The molecule has 3 aliphatic heterocycles. The quantitative estimate of drug-likeness (QED) is 0.0884. The number of β-lactam (4-membered cyclic amide) rings is 1. The number of oxime groups is 1. The van der Waals surface area contributed by atoms with Crippen molar-refractivity contribution in [2.45, 2.75) is 49.9 Å². The fraction of sp³-hybridized carbons (Fsp3) is 0.393. The molecule has 0 aromatic carbocycles. The van der Waals surface area contributed by atoms with Crippen LogP contribution in [0, 0.1) is 0 Å². The fourth-order valence-electron chi connectivity index (χ4n) is 5.77. The van der Waals surface area contributed by atoms with Gasteiger partial charge < -0.3 is 36.0 Å². The average Bonchev–Trinajstić information content (AvgIpc) is 3.62. The van der Waals surface area contributed by atoms with E-state index in [-0.39, 0.29) is 27.4 Å². The van der Waals surface area contributed by atoms with E-state index < -0.39 is 47.0 Å². The molecule has 15 nitrogen and oxygen atoms in total. The number of pyridine rings is 1. The molecular weight excluding hydrogens is 660 g/mol. The van der Waals surface area contributed by atoms with Gasteiger partial charge in [-0.25, -0.2) is 14.6 Å². The Morgan fingerprint density at radius 1 is 1.30 bits per heavy atom. The van der Waals surface area contributed by atoms with Crippen LogP contribution >= 0.6 is 34.7 Å². The molecule has 242 valence electrons. The van der Waals surface area contributed by atoms with E-state index in [1.54, 1.807) is 0 Å². The molecule has 0 saturated carbocycles. The lowest BCUT2D eigenvalue weighted by Crippen LogP contribution is -2.71. The highest BCUT2D eigenvalue weighted by Crippen LogP contribution is 2.40. The van der Waals surface area contributed by atoms with E-state index >= 15 is 0 Å². The van der Waals surface area contributed by atoms with Gasteiger partial charge in [0.05, 0.1) is 0 Å². The van der Waals surface area contributed by atoms with Gasteiger partial charge in [0.1, 0.15) is 32.7 Å². The first kappa shape index (κ1) is 31.8. The van der Waals surface area contributed by atoms with Crippen molar-refractivity contribution in [2.24, 2.45) is 5.16 Å². The standard InChI is InChI=1S/C28H29ClN8O7S2/c1-13(26(40)41)44-34-19(18-22(29)46-28(30)33-18)23(38)32-20-24(39)37-21(27(42)43)14(12-45-25(20)37)11-35-9-2-3-17-16(35)6-10-36(17)15-4-7-31-8-5-15/h2-3,6,9-10,13,15,20,25,31H,4-5,7-8,11-12H2,1H3,(H4-,30,32,33,38,40,41,42,43)/p+1/t13-,20+,25+/m0/s1. The van der Waals surface area contributed by atoms with Crippen LogP contribution in [0.1, 0.15) is 31.5 Å². The number of fused-ring (bicyclic) bond motifs is 2. The smallest absolute Gasteiger partial charge is 0.352 e. The average molecular weight is 690 g/mol. The molecule has 0 aliphatic carbocycles. The number of hydrogen-bond donors (Lipinski definition) is 5. The second-order valence-electron chi connectivity index (χ2n) is 10.9. The van der Waals surface area contributed by atoms with Gasteiger partial charge in [-0.15, -0.1) is 11.8 Å². The van der Waals surface area contributed by atoms with Gasteiger partial charge in [0, 0.05) is 35.7 Å². The number of aromatic nitrogens is 3. The number of anilines is 1. The van der Waals surface area contributed by atoms with Crippen LogP contribution < -0.4 is 20.9 Å². The molecule has 2 amide bonds. The maximum Gasteiger partial charge on any atom is 0.352 e. The Balaban J connectivity index is 1.23. The van der Waals surface area contributed by atoms with E-state index in [0.717, 1.165) is 48.3 Å². The van der Waals surface area contributed by atoms with Gasteiger partial charge in [0.15, 0.2) is 23.6 Å². The summed E-state index contributed by atoms with van der Waals surface area (Å²) in [6.07, 6.45) is 4.60. The zero-order chi connectivity index (χ0) is 32.7. The Morgan fingerprint density at radius 3 is 2.74 bits per heavy atom. The van der Waals surface area contributed by atoms with Crippen LogP contribution in [-0.4, -0.2) is 90.5 Å². The molecule has 3 atom stereocenters. The number of halogens is 1. The van der Waals surface area contributed by atoms with Crippen molar-refractivity contribution in [1.29, 1.82) is 0 Å². The number of aliphatic carboxylic acids is 2. The van der Waals surface area contributed by atoms with Crippen LogP contribution in [0.5, 0.6) is 0 Å². The van der Waals surface area contributed by atoms with Gasteiger partial charge in [-0.3, -0.25) is 14.5 Å². The highest BCUT2D eigenvalue weighted by molar-refractivity contribution is 8.00. The molecular formula is C28H30ClN8O7S2+. The molecule has 0 unspecified atom stereocenters. The maximum atomic E-state index is 13.4. The lowest BCUT2D eigenvalue weighted by atomic mass is 10.0. The first-order valence-corrected chi connectivity index (χ1v) is 16.6. The number of nitrogens with zero attached hydrogens (tertiary/aromatic N) is 5. The predicted molar refractivity (Wildman–Crippen MR) is 169 cm³/mol. The minimum absolute atomic E-state index is 0.00549. The summed E-state index contributed by atoms with van der Waals surface area (Å²) in [6.45, 7) is 3.38. The number of carbonyl (C=O) groups excluding carboxylic acids is 2. The molecule has 18 heteroatoms. The molecule has 0 spiro atoms. The number of hydrogen-bond acceptors (Lipinski definition) is 11. The monoisotopic (exact) mass is 689 g/mol. The molecule has 2 fully saturated rings. The number of nitrogens with two attached hydrogens (primary N) is 1. The van der Waals surface area contributed by atoms with Crippen molar-refractivity contribution in [3.05, 3.63) is 51.9 Å². The largest absolute Gasteiger partial charge is 0.478 e. The van der Waals surface area contributed by atoms with Gasteiger partial charge in [0.2, 0.25) is 11.6 Å². The van der Waals surface area contributed by atoms with E-state index in [2.05, 4.69) is 37.6 Å². The Labute approximate surface area is 275 Å². The number of thioether (sulfide) groups is 1. The zero-order valence-electron chi connectivity index (χ0n) is 24.4. The number of nitrogens with one attached hydrogen (secondary N) is 2. The van der Waals surface area contributed by atoms with E-state index in [4.69, 9.17) is 27.3 Å². The van der Waals surface area contributed by atoms with Crippen LogP contribution in [0.4, 0.5) is 5.13 Å². The summed E-state index contributed by atoms with van der Waals surface area (Å²) in [7, 11) is 0. The van der Waals surface area contributed by atoms with E-state index in [0.29, 0.717) is 17.4 Å². The highest BCUT2D eigenvalue weighted by atomic mass is 35.5. The second kappa shape index (κ2) is 12.9. The number of piperidine rings is 1. The van der Waals surface area contributed by atoms with Gasteiger partial charge in [-0.05, 0) is 38.9 Å². The van der Waals surface area contributed by atoms with Crippen molar-refractivity contribution < 1.29 is 38.8 Å². The summed E-state index contributed by atoms with van der Waals surface area (Å²) < 4.78 is 4.26. The first-order valence-electron chi connectivity index (χ1n) is 14.3. The van der Waals surface area contributed by atoms with Crippen LogP contribution in [0.3, 0.4) is 0 Å². The molecule has 3 aromatic heterocycles. The summed E-state index contributed by atoms with van der Waals surface area (Å²) in [5.74, 6) is -3.82. The predicted octanol–water partition coefficient (Wildman–Crippen LogP) is 1.18. The SMILES string of the molecule is C[C@H](ON=C(C(=O)N[C@@H]1C(=O)N2C(C(=O)O)=C(C[n+]3cccc4c3ccn4C3CCNCC3)CS[C@H]12)c1nc(N)sc1Cl)C(=O)O. The van der Waals surface area contributed by atoms with E-state index in [1.807, 2.05) is 22.9 Å². The molecule has 3 aliphatic rings. The number of amides is 2. The lowest BCUT2D eigenvalue weighted by Gasteiger charge is -2.49. The minimum Gasteiger partial charge on any atom is -0.478 e. The maximum absolute atomic E-state index is 13.4. The molecule has 6 heterocycles. The Bertz CT molecular complexity index is 1800. The number of carbonyl (C=O) groups is 4. The third kappa shape index (κ3) is 5.90. The van der Waals surface area contributed by atoms with Crippen molar-refractivity contribution in [3.63, 3.8) is 0 Å². The number of nitrogen functional groups attached to an aromatic ring is 1. The molecule has 46 heavy (non-hydrogen) atoms. The van der Waals surface area contributed by atoms with Crippen LogP contribution in [0.25, 0.3) is 11.0 Å². The molecule has 6 rings (SSSR count). The molecule has 0 bridgehead atoms. The topological polar surface area (TPSA) is 205 Å². The minimum atomic E-state index is -1.40. The summed E-state index contributed by atoms with van der Waals surface area (Å²) in [5.41, 5.74) is 7.54. The zero-order valence-corrected chi connectivity index (χ0v) is 26.8. The lowest BCUT2D eigenvalue weighted by molar-refractivity contribution is -0.663. The van der Waals surface area contributed by atoms with Crippen molar-refractivity contribution >= 4 is 80.3 Å². The third-order valence-electron chi connectivity index (χ3n) is 8.05. The summed E-state index contributed by atoms with van der Waals surface area (Å²) in [6, 6.07) is 5.29. The number of carboxylic acid groups (broad SMARTS) is 2. The van der Waals surface area contributed by atoms with Gasteiger partial charge in [-0.1, -0.05) is 28.1 Å². The Hall–Kier alpha value is -4.19. The Kier molecular flexibility index (Phi) is 8.91. The van der Waals surface area contributed by atoms with Crippen LogP contribution in [0.15, 0.2) is 47.0 Å². The van der Waals surface area contributed by atoms with Crippen molar-refractivity contribution in [3.8, 4) is 0 Å². The van der Waals surface area contributed by atoms with Gasteiger partial charge in [-0.2, -0.15) is 4.57 Å². The number of carboxylic acids is 2. The summed E-state index contributed by atoms with van der Waals surface area (Å²) in [5, 5.41) is 28.3. The van der Waals surface area contributed by atoms with Crippen molar-refractivity contribution in [2.75, 3.05) is 24.6 Å². The normalized spacial score (nSPS) is 21.1. The molecule has 6 N–H and O–H groups in total. The summed E-state index contributed by atoms with van der Waals surface area (Å²) in [4.78, 5) is 60.6. The highest BCUT2D eigenvalue weighted by Gasteiger charge is 2.55.